The third-order valence-electron chi connectivity index (χ3n) is 3.18. The van der Waals surface area contributed by atoms with E-state index in [2.05, 4.69) is 19.0 Å². The number of hydrogen-bond donors (Lipinski definition) is 2. The molecule has 0 bridgehead atoms. The molecule has 0 aromatic carbocycles. The quantitative estimate of drug-likeness (QED) is 0.315. The van der Waals surface area contributed by atoms with Gasteiger partial charge in [0.25, 0.3) is 0 Å². The van der Waals surface area contributed by atoms with E-state index in [1.54, 1.807) is 0 Å². The fraction of sp³-hybridized carbons (Fsp3) is 0.846. The Hall–Kier alpha value is -1.26. The summed E-state index contributed by atoms with van der Waals surface area (Å²) in [5, 5.41) is 11.8. The smallest absolute Gasteiger partial charge is 0.233 e. The van der Waals surface area contributed by atoms with Crippen LogP contribution in [0.1, 0.15) is 46.5 Å². The first-order valence-corrected chi connectivity index (χ1v) is 6.79. The van der Waals surface area contributed by atoms with Crippen LogP contribution in [0.3, 0.4) is 0 Å². The van der Waals surface area contributed by atoms with Gasteiger partial charge in [0.05, 0.1) is 5.92 Å². The lowest BCUT2D eigenvalue weighted by molar-refractivity contribution is -0.134. The van der Waals surface area contributed by atoms with Crippen molar-refractivity contribution in [2.75, 3.05) is 6.54 Å². The molecule has 1 saturated carbocycles. The summed E-state index contributed by atoms with van der Waals surface area (Å²) in [6, 6.07) is 0.366. The van der Waals surface area contributed by atoms with Crippen LogP contribution in [0, 0.1) is 11.8 Å². The Balaban J connectivity index is 2.77. The van der Waals surface area contributed by atoms with Gasteiger partial charge in [0.2, 0.25) is 5.91 Å². The summed E-state index contributed by atoms with van der Waals surface area (Å²) in [4.78, 5) is 14.4. The summed E-state index contributed by atoms with van der Waals surface area (Å²) in [7, 11) is 0. The van der Waals surface area contributed by atoms with Crippen LogP contribution in [0.2, 0.25) is 0 Å². The van der Waals surface area contributed by atoms with Gasteiger partial charge in [-0.05, 0) is 25.2 Å². The van der Waals surface area contributed by atoms with Crippen LogP contribution in [0.15, 0.2) is 5.16 Å². The predicted octanol–water partition coefficient (Wildman–Crippen LogP) is 1.80. The van der Waals surface area contributed by atoms with Crippen molar-refractivity contribution >= 4 is 11.7 Å². The summed E-state index contributed by atoms with van der Waals surface area (Å²) in [5.41, 5.74) is 5.65. The average molecular weight is 255 g/mol. The predicted molar refractivity (Wildman–Crippen MR) is 71.4 cm³/mol. The van der Waals surface area contributed by atoms with Crippen molar-refractivity contribution in [1.29, 1.82) is 0 Å². The molecule has 1 amide bonds. The van der Waals surface area contributed by atoms with Gasteiger partial charge in [-0.1, -0.05) is 32.3 Å². The van der Waals surface area contributed by atoms with Crippen LogP contribution in [0.5, 0.6) is 0 Å². The molecule has 1 aliphatic rings. The zero-order chi connectivity index (χ0) is 13.7. The summed E-state index contributed by atoms with van der Waals surface area (Å²) < 4.78 is 0. The molecule has 18 heavy (non-hydrogen) atoms. The minimum Gasteiger partial charge on any atom is -0.409 e. The largest absolute Gasteiger partial charge is 0.409 e. The van der Waals surface area contributed by atoms with E-state index in [4.69, 9.17) is 10.9 Å². The van der Waals surface area contributed by atoms with Crippen molar-refractivity contribution in [2.24, 2.45) is 22.7 Å². The maximum atomic E-state index is 12.5. The Morgan fingerprint density at radius 2 is 2.11 bits per heavy atom. The second-order valence-electron chi connectivity index (χ2n) is 5.48. The summed E-state index contributed by atoms with van der Waals surface area (Å²) in [6.45, 7) is 6.94. The minimum absolute atomic E-state index is 0.0170. The molecule has 1 fully saturated rings. The summed E-state index contributed by atoms with van der Waals surface area (Å²) in [5.74, 6) is 0.0167. The van der Waals surface area contributed by atoms with Crippen LogP contribution in [-0.4, -0.2) is 34.4 Å². The molecule has 1 unspecified atom stereocenters. The second-order valence-corrected chi connectivity index (χ2v) is 5.48. The number of nitrogens with two attached hydrogens (primary N) is 1. The number of amidine groups is 1. The standard InChI is InChI=1S/C13H25N3O2/c1-4-5-11(12(14)15-18)13(17)16(8-9(2)3)10-6-7-10/h9-11,18H,4-8H2,1-3H3,(H2,14,15). The van der Waals surface area contributed by atoms with Gasteiger partial charge in [-0.25, -0.2) is 0 Å². The second kappa shape index (κ2) is 6.61. The monoisotopic (exact) mass is 255 g/mol. The normalized spacial score (nSPS) is 17.9. The highest BCUT2D eigenvalue weighted by molar-refractivity contribution is 6.02. The lowest BCUT2D eigenvalue weighted by Crippen LogP contribution is -2.44. The van der Waals surface area contributed by atoms with Crippen LogP contribution in [0.4, 0.5) is 0 Å². The number of rotatable bonds is 7. The first kappa shape index (κ1) is 14.8. The van der Waals surface area contributed by atoms with E-state index >= 15 is 0 Å². The maximum absolute atomic E-state index is 12.5. The topological polar surface area (TPSA) is 78.9 Å². The third kappa shape index (κ3) is 3.89. The van der Waals surface area contributed by atoms with E-state index in [0.29, 0.717) is 18.4 Å². The SMILES string of the molecule is CCCC(C(=O)N(CC(C)C)C1CC1)C(N)=NO. The molecule has 5 nitrogen and oxygen atoms in total. The molecule has 1 aliphatic carbocycles. The number of carbonyl (C=O) groups excluding carboxylic acids is 1. The molecule has 0 heterocycles. The van der Waals surface area contributed by atoms with Gasteiger partial charge in [-0.15, -0.1) is 0 Å². The van der Waals surface area contributed by atoms with Gasteiger partial charge in [-0.3, -0.25) is 4.79 Å². The van der Waals surface area contributed by atoms with E-state index in [-0.39, 0.29) is 11.7 Å². The van der Waals surface area contributed by atoms with Gasteiger partial charge in [0, 0.05) is 12.6 Å². The average Bonchev–Trinajstić information content (AvgIpc) is 3.15. The van der Waals surface area contributed by atoms with E-state index < -0.39 is 5.92 Å². The molecule has 3 N–H and O–H groups in total. The number of oxime groups is 1. The van der Waals surface area contributed by atoms with E-state index in [1.165, 1.54) is 0 Å². The molecule has 0 aromatic heterocycles. The number of amides is 1. The van der Waals surface area contributed by atoms with Gasteiger partial charge < -0.3 is 15.8 Å². The van der Waals surface area contributed by atoms with Crippen molar-refractivity contribution in [3.63, 3.8) is 0 Å². The summed E-state index contributed by atoms with van der Waals surface area (Å²) >= 11 is 0. The lowest BCUT2D eigenvalue weighted by Gasteiger charge is -2.28. The van der Waals surface area contributed by atoms with Gasteiger partial charge >= 0.3 is 0 Å². The molecule has 0 aliphatic heterocycles. The van der Waals surface area contributed by atoms with E-state index in [0.717, 1.165) is 25.8 Å². The Morgan fingerprint density at radius 1 is 1.50 bits per heavy atom. The van der Waals surface area contributed by atoms with Crippen LogP contribution in [-0.2, 0) is 4.79 Å². The molecule has 104 valence electrons. The fourth-order valence-electron chi connectivity index (χ4n) is 2.15. The van der Waals surface area contributed by atoms with E-state index in [9.17, 15) is 4.79 Å². The van der Waals surface area contributed by atoms with Gasteiger partial charge in [0.15, 0.2) is 5.84 Å². The minimum atomic E-state index is -0.473. The maximum Gasteiger partial charge on any atom is 0.233 e. The highest BCUT2D eigenvalue weighted by atomic mass is 16.4. The molecule has 0 saturated heterocycles. The van der Waals surface area contributed by atoms with Crippen molar-refractivity contribution in [2.45, 2.75) is 52.5 Å². The highest BCUT2D eigenvalue weighted by Crippen LogP contribution is 2.29. The fourth-order valence-corrected chi connectivity index (χ4v) is 2.15. The Labute approximate surface area is 109 Å². The molecule has 5 heteroatoms. The molecule has 0 radical (unpaired) electrons. The lowest BCUT2D eigenvalue weighted by atomic mass is 10.00. The zero-order valence-electron chi connectivity index (χ0n) is 11.6. The first-order valence-electron chi connectivity index (χ1n) is 6.79. The van der Waals surface area contributed by atoms with Gasteiger partial charge in [0.1, 0.15) is 0 Å². The Bertz CT molecular complexity index is 311. The Morgan fingerprint density at radius 3 is 2.50 bits per heavy atom. The van der Waals surface area contributed by atoms with Crippen LogP contribution in [0.25, 0.3) is 0 Å². The zero-order valence-corrected chi connectivity index (χ0v) is 11.6. The van der Waals surface area contributed by atoms with Crippen LogP contribution < -0.4 is 5.73 Å². The van der Waals surface area contributed by atoms with Crippen molar-refractivity contribution in [3.8, 4) is 0 Å². The Kier molecular flexibility index (Phi) is 5.44. The molecular formula is C13H25N3O2. The number of carbonyl (C=O) groups is 1. The number of hydrogen-bond acceptors (Lipinski definition) is 3. The molecule has 1 atom stereocenters. The molecular weight excluding hydrogens is 230 g/mol. The number of nitrogens with zero attached hydrogens (tertiary/aromatic N) is 2. The first-order chi connectivity index (χ1) is 8.51. The van der Waals surface area contributed by atoms with Crippen molar-refractivity contribution in [1.82, 2.24) is 4.90 Å². The highest BCUT2D eigenvalue weighted by Gasteiger charge is 2.37. The third-order valence-corrected chi connectivity index (χ3v) is 3.18. The molecule has 0 spiro atoms. The van der Waals surface area contributed by atoms with Crippen molar-refractivity contribution < 1.29 is 10.0 Å². The van der Waals surface area contributed by atoms with Crippen LogP contribution >= 0.6 is 0 Å². The summed E-state index contributed by atoms with van der Waals surface area (Å²) in [6.07, 6.45) is 3.63. The van der Waals surface area contributed by atoms with E-state index in [1.807, 2.05) is 11.8 Å². The molecule has 0 aromatic rings. The van der Waals surface area contributed by atoms with Crippen molar-refractivity contribution in [3.05, 3.63) is 0 Å². The van der Waals surface area contributed by atoms with Gasteiger partial charge in [-0.2, -0.15) is 0 Å². The molecule has 1 rings (SSSR count).